The number of aromatic nitrogens is 1. The molecular weight excluding hydrogens is 320 g/mol. The summed E-state index contributed by atoms with van der Waals surface area (Å²) in [5.41, 5.74) is 1.47. The van der Waals surface area contributed by atoms with Crippen LogP contribution in [0.1, 0.15) is 39.0 Å². The fourth-order valence-electron chi connectivity index (χ4n) is 2.14. The molecule has 1 amide bonds. The lowest BCUT2D eigenvalue weighted by molar-refractivity contribution is -0.119. The Labute approximate surface area is 148 Å². The zero-order valence-corrected chi connectivity index (χ0v) is 15.5. The third-order valence-electron chi connectivity index (χ3n) is 3.87. The average Bonchev–Trinajstić information content (AvgIpc) is 3.04. The molecule has 0 fully saturated rings. The van der Waals surface area contributed by atoms with Gasteiger partial charge in [0.25, 0.3) is 0 Å². The highest BCUT2D eigenvalue weighted by Crippen LogP contribution is 2.26. The number of hydrogen-bond donors (Lipinski definition) is 1. The van der Waals surface area contributed by atoms with Crippen molar-refractivity contribution in [1.82, 2.24) is 5.16 Å². The first-order chi connectivity index (χ1) is 11.8. The number of nitrogens with zero attached hydrogens (tertiary/aromatic N) is 1. The Bertz CT molecular complexity index is 690. The Kier molecular flexibility index (Phi) is 6.20. The third-order valence-corrected chi connectivity index (χ3v) is 3.87. The highest BCUT2D eigenvalue weighted by atomic mass is 16.5. The molecule has 1 heterocycles. The van der Waals surface area contributed by atoms with E-state index in [-0.39, 0.29) is 17.2 Å². The van der Waals surface area contributed by atoms with E-state index in [9.17, 15) is 4.79 Å². The lowest BCUT2D eigenvalue weighted by Crippen LogP contribution is -2.24. The van der Waals surface area contributed by atoms with Gasteiger partial charge in [-0.2, -0.15) is 0 Å². The monoisotopic (exact) mass is 346 g/mol. The molecule has 0 spiro atoms. The smallest absolute Gasteiger partial charge is 0.231 e. The van der Waals surface area contributed by atoms with Gasteiger partial charge in [-0.3, -0.25) is 10.1 Å². The molecule has 1 aromatic carbocycles. The maximum Gasteiger partial charge on any atom is 0.231 e. The molecule has 0 saturated carbocycles. The second kappa shape index (κ2) is 8.16. The van der Waals surface area contributed by atoms with Crippen molar-refractivity contribution >= 4 is 11.8 Å². The fraction of sp³-hybridized carbons (Fsp3) is 0.474. The van der Waals surface area contributed by atoms with Crippen LogP contribution in [-0.2, 0) is 21.6 Å². The summed E-state index contributed by atoms with van der Waals surface area (Å²) < 4.78 is 16.2. The molecule has 2 aromatic rings. The zero-order chi connectivity index (χ0) is 18.4. The molecule has 0 aliphatic heterocycles. The highest BCUT2D eigenvalue weighted by molar-refractivity contribution is 5.90. The Morgan fingerprint density at radius 3 is 2.56 bits per heavy atom. The van der Waals surface area contributed by atoms with E-state index in [4.69, 9.17) is 14.0 Å². The van der Waals surface area contributed by atoms with Gasteiger partial charge in [0.15, 0.2) is 0 Å². The van der Waals surface area contributed by atoms with Gasteiger partial charge in [-0.15, -0.1) is 0 Å². The lowest BCUT2D eigenvalue weighted by atomic mass is 9.90. The van der Waals surface area contributed by atoms with Gasteiger partial charge in [-0.05, 0) is 17.7 Å². The number of anilines is 1. The maximum atomic E-state index is 11.7. The molecule has 1 aromatic heterocycles. The molecule has 6 nitrogen and oxygen atoms in total. The van der Waals surface area contributed by atoms with Crippen LogP contribution >= 0.6 is 0 Å². The van der Waals surface area contributed by atoms with E-state index in [0.29, 0.717) is 19.1 Å². The standard InChI is InChI=1S/C19H26N2O4/c1-13(2)18(22)20-17-10-16(21-25-17)19(3,4)12-24-11-14-6-8-15(23-5)9-7-14/h6-10,13H,11-12H2,1-5H3,(H,20,22). The first kappa shape index (κ1) is 19.0. The van der Waals surface area contributed by atoms with Crippen LogP contribution in [0.2, 0.25) is 0 Å². The van der Waals surface area contributed by atoms with Crippen molar-refractivity contribution < 1.29 is 18.8 Å². The molecule has 25 heavy (non-hydrogen) atoms. The summed E-state index contributed by atoms with van der Waals surface area (Å²) in [6, 6.07) is 9.51. The van der Waals surface area contributed by atoms with Gasteiger partial charge in [-0.1, -0.05) is 45.0 Å². The van der Waals surface area contributed by atoms with Gasteiger partial charge in [0.1, 0.15) is 5.75 Å². The van der Waals surface area contributed by atoms with Crippen LogP contribution in [0.3, 0.4) is 0 Å². The molecule has 0 unspecified atom stereocenters. The van der Waals surface area contributed by atoms with Crippen LogP contribution in [0.15, 0.2) is 34.9 Å². The topological polar surface area (TPSA) is 73.6 Å². The number of hydrogen-bond acceptors (Lipinski definition) is 5. The Hall–Kier alpha value is -2.34. The van der Waals surface area contributed by atoms with E-state index in [1.165, 1.54) is 0 Å². The Morgan fingerprint density at radius 2 is 1.96 bits per heavy atom. The number of benzene rings is 1. The summed E-state index contributed by atoms with van der Waals surface area (Å²) >= 11 is 0. The molecule has 0 aliphatic carbocycles. The number of carbonyl (C=O) groups is 1. The largest absolute Gasteiger partial charge is 0.497 e. The molecule has 136 valence electrons. The van der Waals surface area contributed by atoms with E-state index >= 15 is 0 Å². The summed E-state index contributed by atoms with van der Waals surface area (Å²) in [6.45, 7) is 8.66. The van der Waals surface area contributed by atoms with Crippen molar-refractivity contribution in [1.29, 1.82) is 0 Å². The third kappa shape index (κ3) is 5.32. The SMILES string of the molecule is COc1ccc(COCC(C)(C)c2cc(NC(=O)C(C)C)on2)cc1. The summed E-state index contributed by atoms with van der Waals surface area (Å²) in [7, 11) is 1.64. The highest BCUT2D eigenvalue weighted by Gasteiger charge is 2.26. The Balaban J connectivity index is 1.90. The summed E-state index contributed by atoms with van der Waals surface area (Å²) in [5.74, 6) is 0.963. The first-order valence-electron chi connectivity index (χ1n) is 8.30. The number of rotatable bonds is 8. The normalized spacial score (nSPS) is 11.6. The zero-order valence-electron chi connectivity index (χ0n) is 15.5. The van der Waals surface area contributed by atoms with E-state index < -0.39 is 0 Å². The number of carbonyl (C=O) groups excluding carboxylic acids is 1. The van der Waals surface area contributed by atoms with E-state index in [1.54, 1.807) is 13.2 Å². The molecule has 0 saturated heterocycles. The summed E-state index contributed by atoms with van der Waals surface area (Å²) in [4.78, 5) is 11.7. The van der Waals surface area contributed by atoms with E-state index in [2.05, 4.69) is 10.5 Å². The minimum Gasteiger partial charge on any atom is -0.497 e. The van der Waals surface area contributed by atoms with E-state index in [0.717, 1.165) is 17.0 Å². The summed E-state index contributed by atoms with van der Waals surface area (Å²) in [6.07, 6.45) is 0. The van der Waals surface area contributed by atoms with Gasteiger partial charge in [0, 0.05) is 17.4 Å². The minimum atomic E-state index is -0.337. The molecule has 2 rings (SSSR count). The van der Waals surface area contributed by atoms with Gasteiger partial charge >= 0.3 is 0 Å². The quantitative estimate of drug-likeness (QED) is 0.787. The average molecular weight is 346 g/mol. The predicted molar refractivity (Wildman–Crippen MR) is 95.6 cm³/mol. The van der Waals surface area contributed by atoms with Crippen LogP contribution in [-0.4, -0.2) is 24.8 Å². The minimum absolute atomic E-state index is 0.101. The van der Waals surface area contributed by atoms with Crippen molar-refractivity contribution in [2.75, 3.05) is 19.0 Å². The molecular formula is C19H26N2O4. The van der Waals surface area contributed by atoms with E-state index in [1.807, 2.05) is 52.0 Å². The van der Waals surface area contributed by atoms with Gasteiger partial charge < -0.3 is 14.0 Å². The van der Waals surface area contributed by atoms with Crippen molar-refractivity contribution in [3.63, 3.8) is 0 Å². The van der Waals surface area contributed by atoms with Gasteiger partial charge in [0.2, 0.25) is 11.8 Å². The molecule has 0 atom stereocenters. The van der Waals surface area contributed by atoms with Crippen LogP contribution in [0.25, 0.3) is 0 Å². The molecule has 6 heteroatoms. The number of methoxy groups -OCH3 is 1. The number of nitrogens with one attached hydrogen (secondary N) is 1. The van der Waals surface area contributed by atoms with Gasteiger partial charge in [0.05, 0.1) is 26.0 Å². The Morgan fingerprint density at radius 1 is 1.28 bits per heavy atom. The second-order valence-corrected chi connectivity index (χ2v) is 6.95. The fourth-order valence-corrected chi connectivity index (χ4v) is 2.14. The summed E-state index contributed by atoms with van der Waals surface area (Å²) in [5, 5.41) is 6.77. The lowest BCUT2D eigenvalue weighted by Gasteiger charge is -2.21. The van der Waals surface area contributed by atoms with Crippen molar-refractivity contribution in [2.24, 2.45) is 5.92 Å². The second-order valence-electron chi connectivity index (χ2n) is 6.95. The molecule has 0 aliphatic rings. The van der Waals surface area contributed by atoms with Crippen LogP contribution in [0, 0.1) is 5.92 Å². The van der Waals surface area contributed by atoms with Crippen molar-refractivity contribution in [3.8, 4) is 5.75 Å². The number of amides is 1. The number of ether oxygens (including phenoxy) is 2. The van der Waals surface area contributed by atoms with Crippen molar-refractivity contribution in [3.05, 3.63) is 41.6 Å². The maximum absolute atomic E-state index is 11.7. The first-order valence-corrected chi connectivity index (χ1v) is 8.30. The van der Waals surface area contributed by atoms with Crippen LogP contribution in [0.4, 0.5) is 5.88 Å². The molecule has 1 N–H and O–H groups in total. The van der Waals surface area contributed by atoms with Crippen molar-refractivity contribution in [2.45, 2.75) is 39.7 Å². The van der Waals surface area contributed by atoms with Crippen LogP contribution < -0.4 is 10.1 Å². The predicted octanol–water partition coefficient (Wildman–Crippen LogP) is 3.77. The molecule has 0 bridgehead atoms. The molecule has 0 radical (unpaired) electrons. The van der Waals surface area contributed by atoms with Crippen LogP contribution in [0.5, 0.6) is 5.75 Å². The van der Waals surface area contributed by atoms with Gasteiger partial charge in [-0.25, -0.2) is 0 Å².